The lowest BCUT2D eigenvalue weighted by Gasteiger charge is -2.11. The quantitative estimate of drug-likeness (QED) is 0.592. The molecule has 1 amide bonds. The highest BCUT2D eigenvalue weighted by Gasteiger charge is 2.12. The summed E-state index contributed by atoms with van der Waals surface area (Å²) in [5.41, 5.74) is 6.79. The van der Waals surface area contributed by atoms with Crippen LogP contribution < -0.4 is 16.6 Å². The van der Waals surface area contributed by atoms with E-state index in [2.05, 4.69) is 15.5 Å². The average molecular weight is 399 g/mol. The second-order valence-electron chi connectivity index (χ2n) is 5.86. The van der Waals surface area contributed by atoms with Crippen LogP contribution in [0.15, 0.2) is 58.5 Å². The van der Waals surface area contributed by atoms with Crippen molar-refractivity contribution in [3.8, 4) is 0 Å². The summed E-state index contributed by atoms with van der Waals surface area (Å²) in [7, 11) is 0. The van der Waals surface area contributed by atoms with Crippen LogP contribution in [0.1, 0.15) is 22.8 Å². The maximum absolute atomic E-state index is 13.0. The third-order valence-corrected chi connectivity index (χ3v) is 4.98. The van der Waals surface area contributed by atoms with E-state index < -0.39 is 5.91 Å². The zero-order valence-corrected chi connectivity index (χ0v) is 15.9. The molecule has 3 rings (SSSR count). The lowest BCUT2D eigenvalue weighted by atomic mass is 10.2. The number of hydrogen-bond acceptors (Lipinski definition) is 6. The number of anilines is 2. The van der Waals surface area contributed by atoms with Crippen LogP contribution in [0, 0.1) is 5.82 Å². The predicted octanol–water partition coefficient (Wildman–Crippen LogP) is 2.93. The van der Waals surface area contributed by atoms with Gasteiger partial charge in [0.15, 0.2) is 5.16 Å². The minimum Gasteiger partial charge on any atom is -0.366 e. The normalized spacial score (nSPS) is 10.6. The topological polar surface area (TPSA) is 103 Å². The maximum atomic E-state index is 13.0. The molecule has 0 spiro atoms. The van der Waals surface area contributed by atoms with Crippen LogP contribution in [-0.4, -0.2) is 20.7 Å². The van der Waals surface area contributed by atoms with Gasteiger partial charge in [-0.05, 0) is 48.9 Å². The van der Waals surface area contributed by atoms with Gasteiger partial charge in [0.2, 0.25) is 11.7 Å². The van der Waals surface area contributed by atoms with Crippen molar-refractivity contribution in [2.75, 3.05) is 5.32 Å². The number of nitrogens with zero attached hydrogens (tertiary/aromatic N) is 3. The molecule has 1 heterocycles. The summed E-state index contributed by atoms with van der Waals surface area (Å²) >= 11 is 1.35. The lowest BCUT2D eigenvalue weighted by molar-refractivity contribution is 0.100. The van der Waals surface area contributed by atoms with Crippen molar-refractivity contribution < 1.29 is 9.18 Å². The number of benzene rings is 2. The van der Waals surface area contributed by atoms with Gasteiger partial charge in [-0.1, -0.05) is 23.9 Å². The molecule has 0 saturated carbocycles. The molecule has 7 nitrogen and oxygen atoms in total. The molecule has 144 valence electrons. The van der Waals surface area contributed by atoms with Crippen molar-refractivity contribution in [1.29, 1.82) is 0 Å². The molecule has 0 aliphatic carbocycles. The van der Waals surface area contributed by atoms with Crippen molar-refractivity contribution in [1.82, 2.24) is 14.8 Å². The van der Waals surface area contributed by atoms with Gasteiger partial charge in [-0.2, -0.15) is 0 Å². The maximum Gasteiger partial charge on any atom is 0.297 e. The van der Waals surface area contributed by atoms with Crippen LogP contribution in [0.2, 0.25) is 0 Å². The Kier molecular flexibility index (Phi) is 6.05. The second-order valence-corrected chi connectivity index (χ2v) is 6.80. The highest BCUT2D eigenvalue weighted by Crippen LogP contribution is 2.21. The molecular formula is C19H18FN5O2S. The highest BCUT2D eigenvalue weighted by molar-refractivity contribution is 7.98. The summed E-state index contributed by atoms with van der Waals surface area (Å²) < 4.78 is 14.5. The second kappa shape index (κ2) is 8.66. The standard InChI is InChI=1S/C19H18FN5O2S/c1-2-25-18(27)17(22-15-9-5-13(6-10-15)16(21)26)23-24-19(25)28-11-12-3-7-14(20)8-4-12/h3-10H,2,11H2,1H3,(H2,21,26)(H,22,23). The molecule has 0 bridgehead atoms. The van der Waals surface area contributed by atoms with Crippen LogP contribution in [0.3, 0.4) is 0 Å². The van der Waals surface area contributed by atoms with E-state index in [9.17, 15) is 14.0 Å². The van der Waals surface area contributed by atoms with E-state index in [4.69, 9.17) is 5.73 Å². The summed E-state index contributed by atoms with van der Waals surface area (Å²) in [4.78, 5) is 23.8. The first kappa shape index (κ1) is 19.6. The van der Waals surface area contributed by atoms with Gasteiger partial charge >= 0.3 is 0 Å². The summed E-state index contributed by atoms with van der Waals surface area (Å²) in [6, 6.07) is 12.6. The SMILES string of the molecule is CCn1c(SCc2ccc(F)cc2)nnc(Nc2ccc(C(N)=O)cc2)c1=O. The van der Waals surface area contributed by atoms with Crippen molar-refractivity contribution in [2.45, 2.75) is 24.4 Å². The Bertz CT molecular complexity index is 1040. The van der Waals surface area contributed by atoms with Gasteiger partial charge in [0, 0.05) is 23.5 Å². The van der Waals surface area contributed by atoms with Gasteiger partial charge < -0.3 is 11.1 Å². The number of nitrogens with two attached hydrogens (primary N) is 1. The Morgan fingerprint density at radius 3 is 2.43 bits per heavy atom. The minimum atomic E-state index is -0.526. The molecule has 2 aromatic carbocycles. The Morgan fingerprint density at radius 1 is 1.14 bits per heavy atom. The third-order valence-electron chi connectivity index (χ3n) is 3.94. The number of primary amides is 1. The largest absolute Gasteiger partial charge is 0.366 e. The first-order chi connectivity index (χ1) is 13.5. The number of amides is 1. The van der Waals surface area contributed by atoms with Crippen LogP contribution in [0.5, 0.6) is 0 Å². The molecule has 0 radical (unpaired) electrons. The van der Waals surface area contributed by atoms with Crippen molar-refractivity contribution in [3.63, 3.8) is 0 Å². The molecule has 1 aromatic heterocycles. The van der Waals surface area contributed by atoms with Crippen LogP contribution >= 0.6 is 11.8 Å². The van der Waals surface area contributed by atoms with E-state index in [-0.39, 0.29) is 17.2 Å². The molecular weight excluding hydrogens is 381 g/mol. The molecule has 3 aromatic rings. The molecule has 3 N–H and O–H groups in total. The summed E-state index contributed by atoms with van der Waals surface area (Å²) in [6.07, 6.45) is 0. The Hall–Kier alpha value is -3.20. The van der Waals surface area contributed by atoms with E-state index in [0.29, 0.717) is 28.7 Å². The fraction of sp³-hybridized carbons (Fsp3) is 0.158. The van der Waals surface area contributed by atoms with Crippen molar-refractivity contribution in [2.24, 2.45) is 5.73 Å². The monoisotopic (exact) mass is 399 g/mol. The first-order valence-electron chi connectivity index (χ1n) is 8.49. The Morgan fingerprint density at radius 2 is 1.82 bits per heavy atom. The van der Waals surface area contributed by atoms with E-state index in [1.54, 1.807) is 36.4 Å². The van der Waals surface area contributed by atoms with Gasteiger partial charge in [0.1, 0.15) is 5.82 Å². The molecule has 0 unspecified atom stereocenters. The van der Waals surface area contributed by atoms with E-state index in [1.165, 1.54) is 28.5 Å². The fourth-order valence-electron chi connectivity index (χ4n) is 2.45. The molecule has 0 aliphatic rings. The van der Waals surface area contributed by atoms with E-state index in [0.717, 1.165) is 5.56 Å². The zero-order chi connectivity index (χ0) is 20.1. The van der Waals surface area contributed by atoms with Crippen LogP contribution in [-0.2, 0) is 12.3 Å². The summed E-state index contributed by atoms with van der Waals surface area (Å²) in [6.45, 7) is 2.27. The third kappa shape index (κ3) is 4.55. The molecule has 9 heteroatoms. The fourth-order valence-corrected chi connectivity index (χ4v) is 3.41. The number of nitrogens with one attached hydrogen (secondary N) is 1. The van der Waals surface area contributed by atoms with Gasteiger partial charge in [0.05, 0.1) is 0 Å². The molecule has 0 fully saturated rings. The number of aromatic nitrogens is 3. The Balaban J connectivity index is 1.78. The van der Waals surface area contributed by atoms with Crippen molar-refractivity contribution in [3.05, 3.63) is 75.8 Å². The van der Waals surface area contributed by atoms with Crippen molar-refractivity contribution >= 4 is 29.2 Å². The van der Waals surface area contributed by atoms with Crippen LogP contribution in [0.25, 0.3) is 0 Å². The summed E-state index contributed by atoms with van der Waals surface area (Å²) in [5, 5.41) is 11.5. The average Bonchev–Trinajstić information content (AvgIpc) is 2.70. The van der Waals surface area contributed by atoms with E-state index in [1.807, 2.05) is 6.92 Å². The predicted molar refractivity (Wildman–Crippen MR) is 106 cm³/mol. The number of halogens is 1. The van der Waals surface area contributed by atoms with Gasteiger partial charge in [-0.25, -0.2) is 4.39 Å². The van der Waals surface area contributed by atoms with E-state index >= 15 is 0 Å². The van der Waals surface area contributed by atoms with Gasteiger partial charge in [0.25, 0.3) is 5.56 Å². The molecule has 0 atom stereocenters. The highest BCUT2D eigenvalue weighted by atomic mass is 32.2. The number of carbonyl (C=O) groups is 1. The Labute approximate surface area is 164 Å². The number of thioether (sulfide) groups is 1. The molecule has 28 heavy (non-hydrogen) atoms. The zero-order valence-electron chi connectivity index (χ0n) is 15.1. The molecule has 0 saturated heterocycles. The number of carbonyl (C=O) groups excluding carboxylic acids is 1. The van der Waals surface area contributed by atoms with Crippen LogP contribution in [0.4, 0.5) is 15.9 Å². The summed E-state index contributed by atoms with van der Waals surface area (Å²) in [5.74, 6) is -0.198. The number of hydrogen-bond donors (Lipinski definition) is 2. The minimum absolute atomic E-state index is 0.0832. The number of rotatable bonds is 7. The smallest absolute Gasteiger partial charge is 0.297 e. The molecule has 0 aliphatic heterocycles. The van der Waals surface area contributed by atoms with Gasteiger partial charge in [-0.15, -0.1) is 10.2 Å². The lowest BCUT2D eigenvalue weighted by Crippen LogP contribution is -2.26. The first-order valence-corrected chi connectivity index (χ1v) is 9.48. The van der Waals surface area contributed by atoms with Gasteiger partial charge in [-0.3, -0.25) is 14.2 Å².